The van der Waals surface area contributed by atoms with Crippen molar-refractivity contribution in [1.29, 1.82) is 0 Å². The summed E-state index contributed by atoms with van der Waals surface area (Å²) in [5.41, 5.74) is 0.116. The summed E-state index contributed by atoms with van der Waals surface area (Å²) in [6.45, 7) is 3.59. The fourth-order valence-electron chi connectivity index (χ4n) is 3.59. The number of para-hydroxylation sites is 1. The van der Waals surface area contributed by atoms with Crippen LogP contribution in [0.4, 0.5) is 18.9 Å². The summed E-state index contributed by atoms with van der Waals surface area (Å²) >= 11 is 2.90. The summed E-state index contributed by atoms with van der Waals surface area (Å²) in [6.07, 6.45) is -3.13. The number of benzene rings is 2. The Bertz CT molecular complexity index is 1450. The smallest absolute Gasteiger partial charge is 0.332 e. The quantitative estimate of drug-likeness (QED) is 0.301. The lowest BCUT2D eigenvalue weighted by Gasteiger charge is -2.19. The van der Waals surface area contributed by atoms with Gasteiger partial charge in [0.15, 0.2) is 0 Å². The number of rotatable bonds is 6. The number of aromatic nitrogens is 2. The second kappa shape index (κ2) is 10.3. The van der Waals surface area contributed by atoms with E-state index in [1.807, 2.05) is 13.8 Å². The molecule has 0 saturated carbocycles. The van der Waals surface area contributed by atoms with Gasteiger partial charge in [0.2, 0.25) is 5.91 Å². The van der Waals surface area contributed by atoms with Crippen molar-refractivity contribution in [2.24, 2.45) is 0 Å². The van der Waals surface area contributed by atoms with Crippen molar-refractivity contribution in [3.05, 3.63) is 76.4 Å². The van der Waals surface area contributed by atoms with Gasteiger partial charge in [-0.1, -0.05) is 36.0 Å². The number of hydrogen-bond donors (Lipinski definition) is 1. The molecule has 0 saturated heterocycles. The van der Waals surface area contributed by atoms with Crippen LogP contribution in [0.25, 0.3) is 10.2 Å². The summed E-state index contributed by atoms with van der Waals surface area (Å²) in [4.78, 5) is 38.3. The number of alkyl halides is 3. The van der Waals surface area contributed by atoms with Crippen molar-refractivity contribution in [3.63, 3.8) is 0 Å². The molecule has 0 spiro atoms. The molecule has 4 rings (SSSR count). The fourth-order valence-corrected chi connectivity index (χ4v) is 5.72. The van der Waals surface area contributed by atoms with E-state index in [0.29, 0.717) is 15.5 Å². The molecule has 4 aromatic rings. The van der Waals surface area contributed by atoms with E-state index in [-0.39, 0.29) is 5.69 Å². The van der Waals surface area contributed by atoms with Crippen molar-refractivity contribution in [2.75, 3.05) is 18.9 Å². The molecule has 0 fully saturated rings. The minimum absolute atomic E-state index is 0.352. The van der Waals surface area contributed by atoms with E-state index in [1.165, 1.54) is 48.2 Å². The molecule has 186 valence electrons. The zero-order valence-corrected chi connectivity index (χ0v) is 21.1. The van der Waals surface area contributed by atoms with Gasteiger partial charge in [-0.3, -0.25) is 9.59 Å². The number of fused-ring (bicyclic) bond motifs is 1. The SMILES string of the molecule is Cc1sc2ncnc(Sc3ccccc3C(=O)N(C)CC(=O)Nc3ccccc3C(F)(F)F)c2c1C. The van der Waals surface area contributed by atoms with Crippen LogP contribution in [-0.2, 0) is 11.0 Å². The van der Waals surface area contributed by atoms with E-state index in [2.05, 4.69) is 15.3 Å². The summed E-state index contributed by atoms with van der Waals surface area (Å²) in [6, 6.07) is 11.6. The normalized spacial score (nSPS) is 11.5. The van der Waals surface area contributed by atoms with E-state index >= 15 is 0 Å². The highest BCUT2D eigenvalue weighted by Crippen LogP contribution is 2.39. The van der Waals surface area contributed by atoms with Gasteiger partial charge in [-0.15, -0.1) is 11.3 Å². The van der Waals surface area contributed by atoms with E-state index in [9.17, 15) is 22.8 Å². The molecule has 0 radical (unpaired) electrons. The summed E-state index contributed by atoms with van der Waals surface area (Å²) in [7, 11) is 1.42. The maximum atomic E-state index is 13.2. The molecule has 0 aliphatic rings. The molecule has 0 aliphatic heterocycles. The zero-order valence-electron chi connectivity index (χ0n) is 19.5. The van der Waals surface area contributed by atoms with Crippen molar-refractivity contribution >= 4 is 50.8 Å². The summed E-state index contributed by atoms with van der Waals surface area (Å²) < 4.78 is 39.7. The number of likely N-dealkylation sites (N-methyl/N-ethyl adjacent to an activating group) is 1. The Kier molecular flexibility index (Phi) is 7.32. The second-order valence-electron chi connectivity index (χ2n) is 7.99. The standard InChI is InChI=1S/C25H21F3N4O2S2/c1-14-15(2)35-22-21(14)23(30-13-29-22)36-19-11-7-4-8-16(19)24(34)32(3)12-20(33)31-18-10-6-5-9-17(18)25(26,27)28/h4-11,13H,12H2,1-3H3,(H,31,33). The molecule has 0 unspecified atom stereocenters. The number of hydrogen-bond acceptors (Lipinski definition) is 6. The van der Waals surface area contributed by atoms with E-state index in [4.69, 9.17) is 0 Å². The van der Waals surface area contributed by atoms with Crippen molar-refractivity contribution in [3.8, 4) is 0 Å². The molecule has 11 heteroatoms. The van der Waals surface area contributed by atoms with Crippen molar-refractivity contribution < 1.29 is 22.8 Å². The molecule has 2 heterocycles. The Labute approximate surface area is 213 Å². The number of aryl methyl sites for hydroxylation is 2. The number of carbonyl (C=O) groups is 2. The Morgan fingerprint density at radius 3 is 2.50 bits per heavy atom. The number of anilines is 1. The molecule has 1 N–H and O–H groups in total. The summed E-state index contributed by atoms with van der Waals surface area (Å²) in [5.74, 6) is -1.18. The molecule has 6 nitrogen and oxygen atoms in total. The first-order chi connectivity index (χ1) is 17.1. The van der Waals surface area contributed by atoms with E-state index in [0.717, 1.165) is 26.7 Å². The van der Waals surface area contributed by atoms with Crippen LogP contribution in [0.5, 0.6) is 0 Å². The third-order valence-corrected chi connectivity index (χ3v) is 7.68. The topological polar surface area (TPSA) is 75.2 Å². The first kappa shape index (κ1) is 25.6. The van der Waals surface area contributed by atoms with Gasteiger partial charge in [0.05, 0.1) is 23.4 Å². The monoisotopic (exact) mass is 530 g/mol. The molecular weight excluding hydrogens is 509 g/mol. The maximum Gasteiger partial charge on any atom is 0.418 e. The Morgan fingerprint density at radius 2 is 1.75 bits per heavy atom. The fraction of sp³-hybridized carbons (Fsp3) is 0.200. The first-order valence-corrected chi connectivity index (χ1v) is 12.4. The molecule has 2 aromatic heterocycles. The number of amides is 2. The van der Waals surface area contributed by atoms with E-state index in [1.54, 1.807) is 35.6 Å². The minimum Gasteiger partial charge on any atom is -0.332 e. The number of halogens is 3. The van der Waals surface area contributed by atoms with Gasteiger partial charge < -0.3 is 10.2 Å². The molecule has 0 aliphatic carbocycles. The van der Waals surface area contributed by atoms with Gasteiger partial charge in [0.25, 0.3) is 5.91 Å². The van der Waals surface area contributed by atoms with Crippen LogP contribution in [-0.4, -0.2) is 40.3 Å². The Hall–Kier alpha value is -3.44. The molecule has 36 heavy (non-hydrogen) atoms. The van der Waals surface area contributed by atoms with Crippen LogP contribution in [0.1, 0.15) is 26.4 Å². The number of nitrogens with one attached hydrogen (secondary N) is 1. The van der Waals surface area contributed by atoms with Crippen LogP contribution in [0.2, 0.25) is 0 Å². The van der Waals surface area contributed by atoms with Gasteiger partial charge >= 0.3 is 6.18 Å². The predicted molar refractivity (Wildman–Crippen MR) is 134 cm³/mol. The van der Waals surface area contributed by atoms with Crippen molar-refractivity contribution in [1.82, 2.24) is 14.9 Å². The minimum atomic E-state index is -4.62. The third-order valence-electron chi connectivity index (χ3n) is 5.49. The Morgan fingerprint density at radius 1 is 1.06 bits per heavy atom. The average molecular weight is 531 g/mol. The maximum absolute atomic E-state index is 13.2. The van der Waals surface area contributed by atoms with Gasteiger partial charge in [-0.2, -0.15) is 13.2 Å². The van der Waals surface area contributed by atoms with Gasteiger partial charge in [0, 0.05) is 22.2 Å². The lowest BCUT2D eigenvalue weighted by molar-refractivity contribution is -0.137. The zero-order chi connectivity index (χ0) is 26.0. The Balaban J connectivity index is 1.53. The van der Waals surface area contributed by atoms with Gasteiger partial charge in [-0.25, -0.2) is 9.97 Å². The van der Waals surface area contributed by atoms with Gasteiger partial charge in [-0.05, 0) is 43.7 Å². The number of nitrogens with zero attached hydrogens (tertiary/aromatic N) is 3. The van der Waals surface area contributed by atoms with Crippen molar-refractivity contribution in [2.45, 2.75) is 29.9 Å². The molecule has 2 aromatic carbocycles. The molecule has 0 bridgehead atoms. The van der Waals surface area contributed by atoms with Crippen LogP contribution >= 0.6 is 23.1 Å². The van der Waals surface area contributed by atoms with Crippen LogP contribution in [0.3, 0.4) is 0 Å². The largest absolute Gasteiger partial charge is 0.418 e. The molecule has 0 atom stereocenters. The highest BCUT2D eigenvalue weighted by Gasteiger charge is 2.33. The van der Waals surface area contributed by atoms with Crippen LogP contribution in [0, 0.1) is 13.8 Å². The number of thiophene rings is 1. The van der Waals surface area contributed by atoms with Crippen LogP contribution in [0.15, 0.2) is 64.8 Å². The second-order valence-corrected chi connectivity index (χ2v) is 10.2. The average Bonchev–Trinajstić information content (AvgIpc) is 3.12. The lowest BCUT2D eigenvalue weighted by atomic mass is 10.1. The molecular formula is C25H21F3N4O2S2. The number of carbonyl (C=O) groups excluding carboxylic acids is 2. The van der Waals surface area contributed by atoms with E-state index < -0.39 is 30.1 Å². The highest BCUT2D eigenvalue weighted by atomic mass is 32.2. The van der Waals surface area contributed by atoms with Gasteiger partial charge in [0.1, 0.15) is 16.2 Å². The third kappa shape index (κ3) is 5.36. The predicted octanol–water partition coefficient (Wildman–Crippen LogP) is 6.19. The van der Waals surface area contributed by atoms with Crippen LogP contribution < -0.4 is 5.32 Å². The summed E-state index contributed by atoms with van der Waals surface area (Å²) in [5, 5.41) is 3.91. The highest BCUT2D eigenvalue weighted by molar-refractivity contribution is 7.99. The first-order valence-electron chi connectivity index (χ1n) is 10.8. The lowest BCUT2D eigenvalue weighted by Crippen LogP contribution is -2.35. The molecule has 2 amide bonds.